The molecule has 1 unspecified atom stereocenters. The first kappa shape index (κ1) is 11.0. The highest BCUT2D eigenvalue weighted by Crippen LogP contribution is 2.35. The van der Waals surface area contributed by atoms with Crippen molar-refractivity contribution in [1.29, 1.82) is 0 Å². The van der Waals surface area contributed by atoms with Gasteiger partial charge in [-0.25, -0.2) is 0 Å². The highest BCUT2D eigenvalue weighted by Gasteiger charge is 2.35. The average Bonchev–Trinajstić information content (AvgIpc) is 2.72. The van der Waals surface area contributed by atoms with Crippen molar-refractivity contribution in [3.8, 4) is 0 Å². The van der Waals surface area contributed by atoms with E-state index in [0.717, 1.165) is 23.7 Å². The van der Waals surface area contributed by atoms with Crippen molar-refractivity contribution < 1.29 is 0 Å². The van der Waals surface area contributed by atoms with Crippen molar-refractivity contribution in [2.24, 2.45) is 0 Å². The van der Waals surface area contributed by atoms with Gasteiger partial charge in [-0.2, -0.15) is 5.10 Å². The summed E-state index contributed by atoms with van der Waals surface area (Å²) in [5.74, 6) is 0. The summed E-state index contributed by atoms with van der Waals surface area (Å²) in [5.41, 5.74) is 1.13. The van der Waals surface area contributed by atoms with Gasteiger partial charge in [0.1, 0.15) is 0 Å². The molecule has 1 aromatic heterocycles. The second-order valence-corrected chi connectivity index (χ2v) is 5.15. The number of hydrogen-bond acceptors (Lipinski definition) is 2. The number of aromatic nitrogens is 2. The molecule has 0 aliphatic carbocycles. The summed E-state index contributed by atoms with van der Waals surface area (Å²) < 4.78 is 2.03. The lowest BCUT2D eigenvalue weighted by Gasteiger charge is -2.27. The molecule has 1 aromatic rings. The summed E-state index contributed by atoms with van der Waals surface area (Å²) in [5, 5.41) is 8.65. The lowest BCUT2D eigenvalue weighted by atomic mass is 9.95. The highest BCUT2D eigenvalue weighted by atomic mass is 35.5. The number of nitrogens with one attached hydrogen (secondary N) is 1. The zero-order chi connectivity index (χ0) is 11.1. The maximum atomic E-state index is 6.24. The molecule has 0 bridgehead atoms. The topological polar surface area (TPSA) is 29.9 Å². The second-order valence-electron chi connectivity index (χ2n) is 4.74. The van der Waals surface area contributed by atoms with Crippen molar-refractivity contribution in [2.45, 2.75) is 45.2 Å². The molecule has 0 spiro atoms. The van der Waals surface area contributed by atoms with Crippen molar-refractivity contribution in [3.63, 3.8) is 0 Å². The molecule has 1 atom stereocenters. The molecule has 1 aliphatic rings. The lowest BCUT2D eigenvalue weighted by Crippen LogP contribution is -2.36. The van der Waals surface area contributed by atoms with Crippen LogP contribution in [-0.2, 0) is 5.54 Å². The summed E-state index contributed by atoms with van der Waals surface area (Å²) in [6.45, 7) is 7.54. The SMILES string of the molecule is CC(C)n1ncc(Cl)c1C1(C)CCCN1. The van der Waals surface area contributed by atoms with Crippen molar-refractivity contribution in [3.05, 3.63) is 16.9 Å². The van der Waals surface area contributed by atoms with E-state index in [-0.39, 0.29) is 5.54 Å². The van der Waals surface area contributed by atoms with Gasteiger partial charge in [0, 0.05) is 6.04 Å². The van der Waals surface area contributed by atoms with Crippen LogP contribution in [0.15, 0.2) is 6.20 Å². The Labute approximate surface area is 95.8 Å². The molecule has 4 heteroatoms. The van der Waals surface area contributed by atoms with Crippen molar-refractivity contribution in [2.75, 3.05) is 6.54 Å². The van der Waals surface area contributed by atoms with Crippen LogP contribution in [0.3, 0.4) is 0 Å². The van der Waals surface area contributed by atoms with Gasteiger partial charge in [-0.15, -0.1) is 0 Å². The van der Waals surface area contributed by atoms with Gasteiger partial charge >= 0.3 is 0 Å². The normalized spacial score (nSPS) is 26.5. The van der Waals surface area contributed by atoms with E-state index >= 15 is 0 Å². The first-order chi connectivity index (χ1) is 7.04. The third kappa shape index (κ3) is 1.79. The Bertz CT molecular complexity index is 351. The Morgan fingerprint density at radius 1 is 1.60 bits per heavy atom. The largest absolute Gasteiger partial charge is 0.306 e. The van der Waals surface area contributed by atoms with E-state index in [1.807, 2.05) is 4.68 Å². The van der Waals surface area contributed by atoms with E-state index in [1.54, 1.807) is 6.20 Å². The van der Waals surface area contributed by atoms with Gasteiger partial charge in [-0.05, 0) is 40.2 Å². The monoisotopic (exact) mass is 227 g/mol. The molecule has 0 radical (unpaired) electrons. The molecule has 2 rings (SSSR count). The van der Waals surface area contributed by atoms with E-state index in [1.165, 1.54) is 6.42 Å². The fourth-order valence-electron chi connectivity index (χ4n) is 2.35. The third-order valence-corrected chi connectivity index (χ3v) is 3.41. The molecule has 84 valence electrons. The van der Waals surface area contributed by atoms with E-state index < -0.39 is 0 Å². The van der Waals surface area contributed by atoms with Crippen LogP contribution in [0.2, 0.25) is 5.02 Å². The highest BCUT2D eigenvalue weighted by molar-refractivity contribution is 6.31. The van der Waals surface area contributed by atoms with Crippen LogP contribution in [0.4, 0.5) is 0 Å². The molecular formula is C11H18ClN3. The van der Waals surface area contributed by atoms with Gasteiger partial charge < -0.3 is 5.32 Å². The predicted octanol–water partition coefficient (Wildman–Crippen LogP) is 2.72. The number of nitrogens with zero attached hydrogens (tertiary/aromatic N) is 2. The summed E-state index contributed by atoms with van der Waals surface area (Å²) in [6, 6.07) is 0.353. The minimum absolute atomic E-state index is 0.00213. The van der Waals surface area contributed by atoms with Gasteiger partial charge in [0.25, 0.3) is 0 Å². The third-order valence-electron chi connectivity index (χ3n) is 3.13. The maximum absolute atomic E-state index is 6.24. The molecule has 1 saturated heterocycles. The van der Waals surface area contributed by atoms with Crippen LogP contribution in [0.25, 0.3) is 0 Å². The lowest BCUT2D eigenvalue weighted by molar-refractivity contribution is 0.371. The fourth-order valence-corrected chi connectivity index (χ4v) is 2.68. The van der Waals surface area contributed by atoms with Crippen LogP contribution in [0, 0.1) is 0 Å². The summed E-state index contributed by atoms with van der Waals surface area (Å²) >= 11 is 6.24. The molecule has 0 aromatic carbocycles. The van der Waals surface area contributed by atoms with Gasteiger partial charge in [-0.3, -0.25) is 4.68 Å². The van der Waals surface area contributed by atoms with Crippen LogP contribution in [-0.4, -0.2) is 16.3 Å². The molecule has 1 N–H and O–H groups in total. The van der Waals surface area contributed by atoms with Crippen LogP contribution >= 0.6 is 11.6 Å². The second kappa shape index (κ2) is 3.80. The number of hydrogen-bond donors (Lipinski definition) is 1. The summed E-state index contributed by atoms with van der Waals surface area (Å²) in [6.07, 6.45) is 4.09. The quantitative estimate of drug-likeness (QED) is 0.842. The van der Waals surface area contributed by atoms with E-state index in [4.69, 9.17) is 11.6 Å². The standard InChI is InChI=1S/C11H18ClN3/c1-8(2)15-10(9(12)7-14-15)11(3)5-4-6-13-11/h7-8,13H,4-6H2,1-3H3. The Kier molecular flexibility index (Phi) is 2.77. The van der Waals surface area contributed by atoms with Gasteiger partial charge in [0.2, 0.25) is 0 Å². The van der Waals surface area contributed by atoms with Crippen LogP contribution in [0.1, 0.15) is 45.3 Å². The molecule has 1 fully saturated rings. The number of rotatable bonds is 2. The van der Waals surface area contributed by atoms with Gasteiger partial charge in [0.15, 0.2) is 0 Å². The van der Waals surface area contributed by atoms with Crippen molar-refractivity contribution in [1.82, 2.24) is 15.1 Å². The average molecular weight is 228 g/mol. The van der Waals surface area contributed by atoms with Gasteiger partial charge in [0.05, 0.1) is 22.5 Å². The molecule has 1 aliphatic heterocycles. The first-order valence-corrected chi connectivity index (χ1v) is 5.91. The van der Waals surface area contributed by atoms with Crippen LogP contribution in [0.5, 0.6) is 0 Å². The first-order valence-electron chi connectivity index (χ1n) is 5.53. The molecule has 2 heterocycles. The molecule has 0 amide bonds. The fraction of sp³-hybridized carbons (Fsp3) is 0.727. The van der Waals surface area contributed by atoms with Gasteiger partial charge in [-0.1, -0.05) is 11.6 Å². The maximum Gasteiger partial charge on any atom is 0.0837 e. The Balaban J connectivity index is 2.45. The molecule has 3 nitrogen and oxygen atoms in total. The summed E-state index contributed by atoms with van der Waals surface area (Å²) in [4.78, 5) is 0. The van der Waals surface area contributed by atoms with E-state index in [9.17, 15) is 0 Å². The Morgan fingerprint density at radius 2 is 2.33 bits per heavy atom. The molecule has 0 saturated carbocycles. The minimum atomic E-state index is -0.00213. The number of halogens is 1. The van der Waals surface area contributed by atoms with E-state index in [2.05, 4.69) is 31.2 Å². The Hall–Kier alpha value is -0.540. The molecule has 15 heavy (non-hydrogen) atoms. The predicted molar refractivity (Wildman–Crippen MR) is 62.2 cm³/mol. The minimum Gasteiger partial charge on any atom is -0.306 e. The summed E-state index contributed by atoms with van der Waals surface area (Å²) in [7, 11) is 0. The zero-order valence-corrected chi connectivity index (χ0v) is 10.3. The van der Waals surface area contributed by atoms with Crippen molar-refractivity contribution >= 4 is 11.6 Å². The molecular weight excluding hydrogens is 210 g/mol. The van der Waals surface area contributed by atoms with Crippen LogP contribution < -0.4 is 5.32 Å². The zero-order valence-electron chi connectivity index (χ0n) is 9.55. The Morgan fingerprint density at radius 3 is 2.87 bits per heavy atom. The smallest absolute Gasteiger partial charge is 0.0837 e. The van der Waals surface area contributed by atoms with E-state index in [0.29, 0.717) is 6.04 Å².